The molecule has 1 rings (SSSR count). The molecule has 0 atom stereocenters. The van der Waals surface area contributed by atoms with Crippen LogP contribution in [0.15, 0.2) is 23.3 Å². The summed E-state index contributed by atoms with van der Waals surface area (Å²) in [7, 11) is 0. The highest BCUT2D eigenvalue weighted by atomic mass is 16.1. The number of pyridine rings is 1. The Morgan fingerprint density at radius 1 is 1.40 bits per heavy atom. The van der Waals surface area contributed by atoms with Gasteiger partial charge in [-0.1, -0.05) is 0 Å². The molecule has 0 aliphatic heterocycles. The summed E-state index contributed by atoms with van der Waals surface area (Å²) >= 11 is 0. The number of unbranched alkanes of at least 4 members (excludes halogenated alkanes) is 1. The van der Waals surface area contributed by atoms with Crippen molar-refractivity contribution in [2.24, 2.45) is 5.73 Å². The Balaban J connectivity index is 2.41. The molecule has 4 N–H and O–H groups in total. The molecule has 5 nitrogen and oxygen atoms in total. The molecule has 0 bridgehead atoms. The molecule has 1 amide bonds. The zero-order chi connectivity index (χ0) is 11.3. The van der Waals surface area contributed by atoms with Gasteiger partial charge in [0.25, 0.3) is 0 Å². The normalized spacial score (nSPS) is 10.1. The van der Waals surface area contributed by atoms with E-state index in [1.807, 2.05) is 4.57 Å². The van der Waals surface area contributed by atoms with Crippen molar-refractivity contribution in [1.82, 2.24) is 4.57 Å². The summed E-state index contributed by atoms with van der Waals surface area (Å²) in [6.07, 6.45) is 5.28. The molecule has 15 heavy (non-hydrogen) atoms. The standard InChI is InChI=1S/C10H15N3O2/c11-8-7-13(6-4-9(8)14)5-2-1-3-10(12)15/h4,6-7H,1-3,5,11H2,(H2,12,15). The average molecular weight is 209 g/mol. The van der Waals surface area contributed by atoms with Gasteiger partial charge >= 0.3 is 0 Å². The number of hydrogen-bond donors (Lipinski definition) is 2. The second kappa shape index (κ2) is 5.19. The third kappa shape index (κ3) is 3.84. The Morgan fingerprint density at radius 2 is 2.13 bits per heavy atom. The summed E-state index contributed by atoms with van der Waals surface area (Å²) in [6, 6.07) is 1.43. The lowest BCUT2D eigenvalue weighted by molar-refractivity contribution is -0.118. The van der Waals surface area contributed by atoms with Gasteiger partial charge in [0.05, 0.1) is 5.69 Å². The molecule has 0 unspecified atom stereocenters. The SMILES string of the molecule is NC(=O)CCCCn1ccc(=O)c(N)c1. The van der Waals surface area contributed by atoms with E-state index in [1.165, 1.54) is 6.07 Å². The molecule has 0 aromatic carbocycles. The van der Waals surface area contributed by atoms with Crippen LogP contribution in [0, 0.1) is 0 Å². The summed E-state index contributed by atoms with van der Waals surface area (Å²) < 4.78 is 1.83. The van der Waals surface area contributed by atoms with E-state index in [2.05, 4.69) is 0 Å². The lowest BCUT2D eigenvalue weighted by Crippen LogP contribution is -2.12. The van der Waals surface area contributed by atoms with Crippen LogP contribution < -0.4 is 16.9 Å². The summed E-state index contributed by atoms with van der Waals surface area (Å²) in [4.78, 5) is 21.5. The first-order valence-electron chi connectivity index (χ1n) is 4.83. The van der Waals surface area contributed by atoms with Gasteiger partial charge in [0.15, 0.2) is 0 Å². The maximum Gasteiger partial charge on any atom is 0.217 e. The van der Waals surface area contributed by atoms with Gasteiger partial charge in [-0.3, -0.25) is 9.59 Å². The monoisotopic (exact) mass is 209 g/mol. The quantitative estimate of drug-likeness (QED) is 0.673. The van der Waals surface area contributed by atoms with Crippen molar-refractivity contribution in [1.29, 1.82) is 0 Å². The molecular formula is C10H15N3O2. The van der Waals surface area contributed by atoms with Gasteiger partial charge in [0.2, 0.25) is 11.3 Å². The largest absolute Gasteiger partial charge is 0.394 e. The number of primary amides is 1. The third-order valence-electron chi connectivity index (χ3n) is 2.10. The van der Waals surface area contributed by atoms with Crippen LogP contribution in [0.3, 0.4) is 0 Å². The zero-order valence-corrected chi connectivity index (χ0v) is 8.48. The molecule has 0 saturated carbocycles. The van der Waals surface area contributed by atoms with E-state index >= 15 is 0 Å². The molecule has 82 valence electrons. The zero-order valence-electron chi connectivity index (χ0n) is 8.48. The lowest BCUT2D eigenvalue weighted by Gasteiger charge is -2.05. The highest BCUT2D eigenvalue weighted by Crippen LogP contribution is 2.00. The second-order valence-corrected chi connectivity index (χ2v) is 3.43. The Bertz CT molecular complexity index is 398. The van der Waals surface area contributed by atoms with E-state index < -0.39 is 0 Å². The van der Waals surface area contributed by atoms with Crippen LogP contribution in [0.5, 0.6) is 0 Å². The molecule has 0 aliphatic rings. The number of nitrogens with two attached hydrogens (primary N) is 2. The minimum atomic E-state index is -0.283. The molecule has 5 heteroatoms. The number of anilines is 1. The first kappa shape index (κ1) is 11.3. The summed E-state index contributed by atoms with van der Waals surface area (Å²) in [5, 5.41) is 0. The van der Waals surface area contributed by atoms with Gasteiger partial charge in [-0.25, -0.2) is 0 Å². The summed E-state index contributed by atoms with van der Waals surface area (Å²) in [5.74, 6) is -0.283. The van der Waals surface area contributed by atoms with E-state index in [0.29, 0.717) is 6.42 Å². The van der Waals surface area contributed by atoms with Crippen LogP contribution >= 0.6 is 0 Å². The molecular weight excluding hydrogens is 194 g/mol. The smallest absolute Gasteiger partial charge is 0.217 e. The fraction of sp³-hybridized carbons (Fsp3) is 0.400. The number of aromatic nitrogens is 1. The highest BCUT2D eigenvalue weighted by Gasteiger charge is 1.97. The van der Waals surface area contributed by atoms with Gasteiger partial charge < -0.3 is 16.0 Å². The minimum absolute atomic E-state index is 0.164. The molecule has 0 radical (unpaired) electrons. The fourth-order valence-corrected chi connectivity index (χ4v) is 1.28. The maximum absolute atomic E-state index is 11.0. The van der Waals surface area contributed by atoms with E-state index in [-0.39, 0.29) is 17.0 Å². The van der Waals surface area contributed by atoms with Crippen molar-refractivity contribution < 1.29 is 4.79 Å². The van der Waals surface area contributed by atoms with Crippen LogP contribution in [0.4, 0.5) is 5.69 Å². The number of carbonyl (C=O) groups excluding carboxylic acids is 1. The van der Waals surface area contributed by atoms with Gasteiger partial charge in [0, 0.05) is 31.4 Å². The van der Waals surface area contributed by atoms with Gasteiger partial charge in [-0.2, -0.15) is 0 Å². The van der Waals surface area contributed by atoms with Crippen molar-refractivity contribution in [3.05, 3.63) is 28.7 Å². The van der Waals surface area contributed by atoms with Crippen molar-refractivity contribution in [2.75, 3.05) is 5.73 Å². The Labute approximate surface area is 87.7 Å². The number of aryl methyl sites for hydroxylation is 1. The summed E-state index contributed by atoms with van der Waals surface area (Å²) in [6.45, 7) is 0.734. The molecule has 0 fully saturated rings. The third-order valence-corrected chi connectivity index (χ3v) is 2.10. The number of hydrogen-bond acceptors (Lipinski definition) is 3. The van der Waals surface area contributed by atoms with Crippen LogP contribution in [-0.4, -0.2) is 10.5 Å². The molecule has 0 saturated heterocycles. The first-order chi connectivity index (χ1) is 7.09. The number of carbonyl (C=O) groups is 1. The second-order valence-electron chi connectivity index (χ2n) is 3.43. The van der Waals surface area contributed by atoms with Crippen molar-refractivity contribution in [3.63, 3.8) is 0 Å². The molecule has 1 aromatic rings. The van der Waals surface area contributed by atoms with Crippen LogP contribution in [0.25, 0.3) is 0 Å². The van der Waals surface area contributed by atoms with Crippen LogP contribution in [-0.2, 0) is 11.3 Å². The number of rotatable bonds is 5. The average Bonchev–Trinajstić information content (AvgIpc) is 2.18. The van der Waals surface area contributed by atoms with E-state index in [0.717, 1.165) is 19.4 Å². The van der Waals surface area contributed by atoms with E-state index in [4.69, 9.17) is 11.5 Å². The predicted molar refractivity (Wildman–Crippen MR) is 58.2 cm³/mol. The van der Waals surface area contributed by atoms with E-state index in [1.54, 1.807) is 12.4 Å². The molecule has 0 aliphatic carbocycles. The topological polar surface area (TPSA) is 91.1 Å². The minimum Gasteiger partial charge on any atom is -0.394 e. The van der Waals surface area contributed by atoms with Crippen LogP contribution in [0.2, 0.25) is 0 Å². The Hall–Kier alpha value is -1.78. The van der Waals surface area contributed by atoms with Crippen LogP contribution in [0.1, 0.15) is 19.3 Å². The Morgan fingerprint density at radius 3 is 2.73 bits per heavy atom. The number of amides is 1. The Kier molecular flexibility index (Phi) is 3.91. The number of nitrogens with zero attached hydrogens (tertiary/aromatic N) is 1. The van der Waals surface area contributed by atoms with Gasteiger partial charge in [-0.05, 0) is 12.8 Å². The van der Waals surface area contributed by atoms with E-state index in [9.17, 15) is 9.59 Å². The highest BCUT2D eigenvalue weighted by molar-refractivity contribution is 5.73. The summed E-state index contributed by atoms with van der Waals surface area (Å²) in [5.41, 5.74) is 10.6. The first-order valence-corrected chi connectivity index (χ1v) is 4.83. The fourth-order valence-electron chi connectivity index (χ4n) is 1.28. The maximum atomic E-state index is 11.0. The van der Waals surface area contributed by atoms with Crippen molar-refractivity contribution in [2.45, 2.75) is 25.8 Å². The molecule has 1 aromatic heterocycles. The number of nitrogen functional groups attached to an aromatic ring is 1. The van der Waals surface area contributed by atoms with Gasteiger partial charge in [0.1, 0.15) is 0 Å². The molecule has 0 spiro atoms. The predicted octanol–water partition coefficient (Wildman–Crippen LogP) is 0.0861. The lowest BCUT2D eigenvalue weighted by atomic mass is 10.2. The van der Waals surface area contributed by atoms with Crippen molar-refractivity contribution >= 4 is 11.6 Å². The molecule has 1 heterocycles. The van der Waals surface area contributed by atoms with Crippen molar-refractivity contribution in [3.8, 4) is 0 Å². The van der Waals surface area contributed by atoms with Gasteiger partial charge in [-0.15, -0.1) is 0 Å².